The molecule has 0 atom stereocenters. The van der Waals surface area contributed by atoms with Crippen LogP contribution in [0.15, 0.2) is 34.2 Å². The van der Waals surface area contributed by atoms with Gasteiger partial charge in [0.05, 0.1) is 11.4 Å². The van der Waals surface area contributed by atoms with Crippen molar-refractivity contribution in [2.45, 2.75) is 38.6 Å². The van der Waals surface area contributed by atoms with Gasteiger partial charge in [-0.1, -0.05) is 32.0 Å². The average Bonchev–Trinajstić information content (AvgIpc) is 2.62. The van der Waals surface area contributed by atoms with Crippen molar-refractivity contribution in [3.63, 3.8) is 0 Å². The third-order valence-electron chi connectivity index (χ3n) is 3.69. The van der Waals surface area contributed by atoms with Gasteiger partial charge in [0.15, 0.2) is 5.96 Å². The molecular formula is C19H35IN4O3S. The van der Waals surface area contributed by atoms with E-state index in [1.54, 1.807) is 18.2 Å². The van der Waals surface area contributed by atoms with Gasteiger partial charge in [0.2, 0.25) is 10.0 Å². The summed E-state index contributed by atoms with van der Waals surface area (Å²) in [5.74, 6) is 1.20. The van der Waals surface area contributed by atoms with Crippen LogP contribution in [0.3, 0.4) is 0 Å². The lowest BCUT2D eigenvalue weighted by Gasteiger charge is -2.15. The highest BCUT2D eigenvalue weighted by Gasteiger charge is 2.20. The molecule has 0 amide bonds. The van der Waals surface area contributed by atoms with Gasteiger partial charge in [-0.3, -0.25) is 0 Å². The van der Waals surface area contributed by atoms with E-state index in [-0.39, 0.29) is 35.4 Å². The first-order valence-electron chi connectivity index (χ1n) is 9.39. The number of ether oxygens (including phenoxy) is 1. The minimum Gasteiger partial charge on any atom is -0.381 e. The van der Waals surface area contributed by atoms with Crippen molar-refractivity contribution in [2.75, 3.05) is 40.4 Å². The molecule has 0 aliphatic rings. The number of hydrogen-bond donors (Lipinski definition) is 2. The summed E-state index contributed by atoms with van der Waals surface area (Å²) >= 11 is 0. The number of rotatable bonds is 11. The second-order valence-electron chi connectivity index (χ2n) is 6.84. The Labute approximate surface area is 187 Å². The molecule has 1 aromatic rings. The number of nitrogens with one attached hydrogen (secondary N) is 2. The quantitative estimate of drug-likeness (QED) is 0.201. The molecule has 0 aliphatic carbocycles. The van der Waals surface area contributed by atoms with Crippen molar-refractivity contribution in [3.05, 3.63) is 29.8 Å². The number of sulfonamides is 1. The molecule has 7 nitrogen and oxygen atoms in total. The normalized spacial score (nSPS) is 12.2. The van der Waals surface area contributed by atoms with Crippen LogP contribution in [0.2, 0.25) is 0 Å². The number of guanidine groups is 1. The molecule has 0 aliphatic heterocycles. The van der Waals surface area contributed by atoms with Gasteiger partial charge in [-0.2, -0.15) is 0 Å². The summed E-state index contributed by atoms with van der Waals surface area (Å²) in [5.41, 5.74) is 0.670. The Morgan fingerprint density at radius 1 is 1.21 bits per heavy atom. The lowest BCUT2D eigenvalue weighted by atomic mass is 10.2. The predicted molar refractivity (Wildman–Crippen MR) is 126 cm³/mol. The Bertz CT molecular complexity index is 694. The second kappa shape index (κ2) is 14.1. The maximum absolute atomic E-state index is 12.5. The Hall–Kier alpha value is -0.910. The van der Waals surface area contributed by atoms with E-state index >= 15 is 0 Å². The summed E-state index contributed by atoms with van der Waals surface area (Å²) < 4.78 is 31.7. The van der Waals surface area contributed by atoms with Crippen molar-refractivity contribution in [2.24, 2.45) is 10.9 Å². The second-order valence-corrected chi connectivity index (χ2v) is 8.96. The molecule has 0 aromatic heterocycles. The van der Waals surface area contributed by atoms with Crippen LogP contribution in [0.1, 0.15) is 32.8 Å². The van der Waals surface area contributed by atoms with E-state index in [0.717, 1.165) is 26.1 Å². The summed E-state index contributed by atoms with van der Waals surface area (Å²) in [6.07, 6.45) is 0.878. The number of aliphatic imine (C=N–C) groups is 1. The molecule has 28 heavy (non-hydrogen) atoms. The van der Waals surface area contributed by atoms with Crippen LogP contribution in [0.4, 0.5) is 0 Å². The largest absolute Gasteiger partial charge is 0.381 e. The molecule has 0 spiro atoms. The van der Waals surface area contributed by atoms with E-state index in [1.165, 1.54) is 18.4 Å². The third kappa shape index (κ3) is 9.53. The van der Waals surface area contributed by atoms with Gasteiger partial charge in [0, 0.05) is 40.4 Å². The third-order valence-corrected chi connectivity index (χ3v) is 5.61. The zero-order chi connectivity index (χ0) is 20.3. The minimum absolute atomic E-state index is 0. The van der Waals surface area contributed by atoms with Crippen LogP contribution >= 0.6 is 24.0 Å². The van der Waals surface area contributed by atoms with Gasteiger partial charge in [-0.05, 0) is 30.9 Å². The average molecular weight is 526 g/mol. The Morgan fingerprint density at radius 3 is 2.50 bits per heavy atom. The van der Waals surface area contributed by atoms with Crippen molar-refractivity contribution in [1.29, 1.82) is 0 Å². The lowest BCUT2D eigenvalue weighted by Crippen LogP contribution is -2.38. The van der Waals surface area contributed by atoms with E-state index in [1.807, 2.05) is 13.0 Å². The maximum atomic E-state index is 12.5. The molecule has 162 valence electrons. The highest BCUT2D eigenvalue weighted by Crippen LogP contribution is 2.19. The summed E-state index contributed by atoms with van der Waals surface area (Å²) in [6.45, 7) is 9.47. The molecule has 0 bridgehead atoms. The monoisotopic (exact) mass is 526 g/mol. The zero-order valence-electron chi connectivity index (χ0n) is 17.6. The van der Waals surface area contributed by atoms with Gasteiger partial charge < -0.3 is 15.4 Å². The predicted octanol–water partition coefficient (Wildman–Crippen LogP) is 2.67. The fourth-order valence-electron chi connectivity index (χ4n) is 2.29. The minimum atomic E-state index is -3.50. The molecule has 1 rings (SSSR count). The highest BCUT2D eigenvalue weighted by atomic mass is 127. The molecule has 0 heterocycles. The Kier molecular flexibility index (Phi) is 13.7. The van der Waals surface area contributed by atoms with Crippen molar-refractivity contribution < 1.29 is 13.2 Å². The zero-order valence-corrected chi connectivity index (χ0v) is 20.7. The van der Waals surface area contributed by atoms with Crippen molar-refractivity contribution in [3.8, 4) is 0 Å². The molecule has 1 aromatic carbocycles. The molecule has 0 radical (unpaired) electrons. The summed E-state index contributed by atoms with van der Waals surface area (Å²) in [4.78, 5) is 4.82. The van der Waals surface area contributed by atoms with E-state index in [2.05, 4.69) is 29.5 Å². The first-order valence-corrected chi connectivity index (χ1v) is 10.8. The van der Waals surface area contributed by atoms with Crippen LogP contribution in [-0.4, -0.2) is 59.1 Å². The maximum Gasteiger partial charge on any atom is 0.242 e. The topological polar surface area (TPSA) is 83.0 Å². The number of halogens is 1. The fraction of sp³-hybridized carbons (Fsp3) is 0.632. The van der Waals surface area contributed by atoms with Gasteiger partial charge >= 0.3 is 0 Å². The van der Waals surface area contributed by atoms with Crippen molar-refractivity contribution >= 4 is 40.0 Å². The summed E-state index contributed by atoms with van der Waals surface area (Å²) in [6, 6.07) is 6.96. The van der Waals surface area contributed by atoms with Crippen LogP contribution in [0, 0.1) is 5.92 Å². The summed E-state index contributed by atoms with van der Waals surface area (Å²) in [7, 11) is -0.435. The van der Waals surface area contributed by atoms with E-state index in [0.29, 0.717) is 24.0 Å². The van der Waals surface area contributed by atoms with Crippen LogP contribution in [-0.2, 0) is 21.3 Å². The van der Waals surface area contributed by atoms with Crippen LogP contribution < -0.4 is 10.6 Å². The lowest BCUT2D eigenvalue weighted by molar-refractivity contribution is 0.108. The molecule has 0 unspecified atom stereocenters. The van der Waals surface area contributed by atoms with Gasteiger partial charge in [0.25, 0.3) is 0 Å². The summed E-state index contributed by atoms with van der Waals surface area (Å²) in [5, 5.41) is 6.44. The fourth-order valence-corrected chi connectivity index (χ4v) is 3.40. The van der Waals surface area contributed by atoms with Gasteiger partial charge in [-0.15, -0.1) is 24.0 Å². The molecule has 9 heteroatoms. The number of hydrogen-bond acceptors (Lipinski definition) is 4. The standard InChI is InChI=1S/C19H34N4O3S.HI/c1-6-20-19(21-12-9-13-26-15-16(2)3)22-14-17-10-7-8-11-18(17)27(24,25)23(4)5;/h7-8,10-11,16H,6,9,12-15H2,1-5H3,(H2,20,21,22);1H. The number of benzene rings is 1. The Balaban J connectivity index is 0.00000729. The first kappa shape index (κ1) is 27.1. The molecule has 0 fully saturated rings. The molecule has 0 saturated heterocycles. The smallest absolute Gasteiger partial charge is 0.242 e. The van der Waals surface area contributed by atoms with Crippen LogP contribution in [0.5, 0.6) is 0 Å². The number of nitrogens with zero attached hydrogens (tertiary/aromatic N) is 2. The first-order chi connectivity index (χ1) is 12.8. The van der Waals surface area contributed by atoms with Gasteiger partial charge in [-0.25, -0.2) is 17.7 Å². The highest BCUT2D eigenvalue weighted by molar-refractivity contribution is 14.0. The van der Waals surface area contributed by atoms with Crippen molar-refractivity contribution in [1.82, 2.24) is 14.9 Å². The van der Waals surface area contributed by atoms with Gasteiger partial charge in [0.1, 0.15) is 0 Å². The van der Waals surface area contributed by atoms with Crippen LogP contribution in [0.25, 0.3) is 0 Å². The Morgan fingerprint density at radius 2 is 1.89 bits per heavy atom. The molecule has 2 N–H and O–H groups in total. The van der Waals surface area contributed by atoms with E-state index in [4.69, 9.17) is 4.74 Å². The molecule has 0 saturated carbocycles. The SMILES string of the molecule is CCNC(=NCc1ccccc1S(=O)(=O)N(C)C)NCCCOCC(C)C.I. The van der Waals surface area contributed by atoms with E-state index in [9.17, 15) is 8.42 Å². The molecular weight excluding hydrogens is 491 g/mol. The van der Waals surface area contributed by atoms with E-state index < -0.39 is 10.0 Å².